The van der Waals surface area contributed by atoms with Gasteiger partial charge in [0.1, 0.15) is 18.4 Å². The molecule has 0 aromatic heterocycles. The normalized spacial score (nSPS) is 18.1. The molecule has 1 aliphatic carbocycles. The Kier molecular flexibility index (Phi) is 7.09. The predicted octanol–water partition coefficient (Wildman–Crippen LogP) is 0.957. The van der Waals surface area contributed by atoms with Gasteiger partial charge in [0, 0.05) is 31.8 Å². The molecule has 3 amide bonds. The Morgan fingerprint density at radius 1 is 1.07 bits per heavy atom. The molecule has 1 aromatic carbocycles. The van der Waals surface area contributed by atoms with Crippen molar-refractivity contribution in [1.29, 1.82) is 0 Å². The summed E-state index contributed by atoms with van der Waals surface area (Å²) in [4.78, 5) is 39.3. The summed E-state index contributed by atoms with van der Waals surface area (Å²) >= 11 is 0. The van der Waals surface area contributed by atoms with Gasteiger partial charge in [-0.15, -0.1) is 0 Å². The lowest BCUT2D eigenvalue weighted by atomic mass is 9.88. The van der Waals surface area contributed by atoms with E-state index < -0.39 is 6.04 Å². The molecule has 2 fully saturated rings. The topological polar surface area (TPSA) is 97.0 Å². The van der Waals surface area contributed by atoms with Crippen molar-refractivity contribution in [2.45, 2.75) is 37.8 Å². The molecule has 29 heavy (non-hydrogen) atoms. The van der Waals surface area contributed by atoms with Crippen LogP contribution < -0.4 is 15.4 Å². The number of hydrogen-bond acceptors (Lipinski definition) is 5. The third kappa shape index (κ3) is 5.69. The number of carbonyl (C=O) groups is 3. The fraction of sp³-hybridized carbons (Fsp3) is 0.571. The maximum Gasteiger partial charge on any atom is 0.251 e. The minimum atomic E-state index is -0.620. The van der Waals surface area contributed by atoms with Crippen molar-refractivity contribution in [3.8, 4) is 5.75 Å². The minimum Gasteiger partial charge on any atom is -0.497 e. The van der Waals surface area contributed by atoms with Crippen molar-refractivity contribution in [3.05, 3.63) is 29.8 Å². The highest BCUT2D eigenvalue weighted by Crippen LogP contribution is 2.24. The van der Waals surface area contributed by atoms with E-state index >= 15 is 0 Å². The van der Waals surface area contributed by atoms with Crippen molar-refractivity contribution >= 4 is 17.7 Å². The largest absolute Gasteiger partial charge is 0.497 e. The Balaban J connectivity index is 1.65. The molecular formula is C21H29N3O5. The number of methoxy groups -OCH3 is 2. The molecule has 2 N–H and O–H groups in total. The average molecular weight is 403 g/mol. The first kappa shape index (κ1) is 21.1. The molecule has 1 aromatic rings. The van der Waals surface area contributed by atoms with Crippen LogP contribution in [-0.2, 0) is 14.3 Å². The lowest BCUT2D eigenvalue weighted by Crippen LogP contribution is -2.54. The molecule has 1 saturated heterocycles. The molecule has 0 spiro atoms. The fourth-order valence-corrected chi connectivity index (χ4v) is 3.58. The van der Waals surface area contributed by atoms with E-state index in [4.69, 9.17) is 9.47 Å². The average Bonchev–Trinajstić information content (AvgIpc) is 3.56. The number of piperidine rings is 1. The summed E-state index contributed by atoms with van der Waals surface area (Å²) in [6.07, 6.45) is 3.27. The smallest absolute Gasteiger partial charge is 0.251 e. The van der Waals surface area contributed by atoms with E-state index in [1.165, 1.54) is 7.11 Å². The Labute approximate surface area is 170 Å². The predicted molar refractivity (Wildman–Crippen MR) is 107 cm³/mol. The first-order valence-corrected chi connectivity index (χ1v) is 10.0. The van der Waals surface area contributed by atoms with Crippen molar-refractivity contribution in [2.24, 2.45) is 5.92 Å². The van der Waals surface area contributed by atoms with Gasteiger partial charge in [0.25, 0.3) is 5.91 Å². The SMILES string of the molecule is COCC(=O)N1CCC([C@H](NC(=O)c2ccc(OC)cc2)C(=O)NC2CC2)CC1. The highest BCUT2D eigenvalue weighted by Gasteiger charge is 2.36. The summed E-state index contributed by atoms with van der Waals surface area (Å²) in [5, 5.41) is 5.93. The maximum absolute atomic E-state index is 12.8. The quantitative estimate of drug-likeness (QED) is 0.674. The van der Waals surface area contributed by atoms with Crippen LogP contribution in [-0.4, -0.2) is 68.6 Å². The van der Waals surface area contributed by atoms with E-state index in [1.807, 2.05) is 0 Å². The van der Waals surface area contributed by atoms with Gasteiger partial charge < -0.3 is 25.0 Å². The van der Waals surface area contributed by atoms with Crippen LogP contribution in [0.1, 0.15) is 36.0 Å². The number of benzene rings is 1. The van der Waals surface area contributed by atoms with Crippen LogP contribution in [0.25, 0.3) is 0 Å². The molecule has 8 heteroatoms. The van der Waals surface area contributed by atoms with Gasteiger partial charge >= 0.3 is 0 Å². The minimum absolute atomic E-state index is 0.0254. The molecule has 1 atom stereocenters. The van der Waals surface area contributed by atoms with Crippen LogP contribution in [0.3, 0.4) is 0 Å². The van der Waals surface area contributed by atoms with E-state index in [2.05, 4.69) is 10.6 Å². The summed E-state index contributed by atoms with van der Waals surface area (Å²) in [7, 11) is 3.06. The van der Waals surface area contributed by atoms with Crippen molar-refractivity contribution in [1.82, 2.24) is 15.5 Å². The zero-order valence-corrected chi connectivity index (χ0v) is 17.0. The number of nitrogens with one attached hydrogen (secondary N) is 2. The maximum atomic E-state index is 12.8. The van der Waals surface area contributed by atoms with Crippen LogP contribution >= 0.6 is 0 Å². The number of hydrogen-bond donors (Lipinski definition) is 2. The van der Waals surface area contributed by atoms with Gasteiger partial charge in [0.2, 0.25) is 11.8 Å². The van der Waals surface area contributed by atoms with Gasteiger partial charge in [-0.25, -0.2) is 0 Å². The molecule has 1 heterocycles. The van der Waals surface area contributed by atoms with Crippen molar-refractivity contribution in [3.63, 3.8) is 0 Å². The number of rotatable bonds is 8. The monoisotopic (exact) mass is 403 g/mol. The van der Waals surface area contributed by atoms with Gasteiger partial charge in [-0.1, -0.05) is 0 Å². The van der Waals surface area contributed by atoms with Crippen LogP contribution in [0, 0.1) is 5.92 Å². The first-order valence-electron chi connectivity index (χ1n) is 10.0. The van der Waals surface area contributed by atoms with Crippen LogP contribution in [0.4, 0.5) is 0 Å². The molecule has 0 radical (unpaired) electrons. The molecule has 158 valence electrons. The molecule has 8 nitrogen and oxygen atoms in total. The zero-order chi connectivity index (χ0) is 20.8. The number of amides is 3. The summed E-state index contributed by atoms with van der Waals surface area (Å²) in [5.74, 6) is 0.157. The standard InChI is InChI=1S/C21H29N3O5/c1-28-13-18(25)24-11-9-14(10-12-24)19(21(27)22-16-5-6-16)23-20(26)15-3-7-17(29-2)8-4-15/h3-4,7-8,14,16,19H,5-6,9-13H2,1-2H3,(H,22,27)(H,23,26)/t19-/m0/s1. The van der Waals surface area contributed by atoms with E-state index in [0.29, 0.717) is 37.2 Å². The highest BCUT2D eigenvalue weighted by molar-refractivity contribution is 5.97. The van der Waals surface area contributed by atoms with Crippen LogP contribution in [0.2, 0.25) is 0 Å². The molecule has 1 saturated carbocycles. The molecule has 1 aliphatic heterocycles. The van der Waals surface area contributed by atoms with Gasteiger partial charge in [0.05, 0.1) is 7.11 Å². The lowest BCUT2D eigenvalue weighted by Gasteiger charge is -2.35. The summed E-state index contributed by atoms with van der Waals surface area (Å²) in [6, 6.07) is 6.38. The van der Waals surface area contributed by atoms with E-state index in [-0.39, 0.29) is 36.3 Å². The third-order valence-corrected chi connectivity index (χ3v) is 5.48. The third-order valence-electron chi connectivity index (χ3n) is 5.48. The summed E-state index contributed by atoms with van der Waals surface area (Å²) in [5.41, 5.74) is 0.475. The molecule has 0 bridgehead atoms. The second-order valence-corrected chi connectivity index (χ2v) is 7.61. The Morgan fingerprint density at radius 2 is 1.72 bits per heavy atom. The van der Waals surface area contributed by atoms with Gasteiger partial charge in [-0.05, 0) is 55.9 Å². The molecular weight excluding hydrogens is 374 g/mol. The van der Waals surface area contributed by atoms with Crippen LogP contribution in [0.15, 0.2) is 24.3 Å². The van der Waals surface area contributed by atoms with Crippen LogP contribution in [0.5, 0.6) is 5.75 Å². The summed E-state index contributed by atoms with van der Waals surface area (Å²) < 4.78 is 10.0. The second kappa shape index (κ2) is 9.73. The van der Waals surface area contributed by atoms with Crippen molar-refractivity contribution < 1.29 is 23.9 Å². The second-order valence-electron chi connectivity index (χ2n) is 7.61. The number of carbonyl (C=O) groups excluding carboxylic acids is 3. The van der Waals surface area contributed by atoms with E-state index in [0.717, 1.165) is 12.8 Å². The molecule has 0 unspecified atom stereocenters. The Bertz CT molecular complexity index is 724. The molecule has 3 rings (SSSR count). The van der Waals surface area contributed by atoms with Crippen molar-refractivity contribution in [2.75, 3.05) is 33.9 Å². The zero-order valence-electron chi connectivity index (χ0n) is 17.0. The summed E-state index contributed by atoms with van der Waals surface area (Å²) in [6.45, 7) is 1.17. The van der Waals surface area contributed by atoms with Gasteiger partial charge in [-0.3, -0.25) is 14.4 Å². The van der Waals surface area contributed by atoms with E-state index in [1.54, 1.807) is 36.3 Å². The first-order chi connectivity index (χ1) is 14.0. The highest BCUT2D eigenvalue weighted by atomic mass is 16.5. The molecule has 2 aliphatic rings. The van der Waals surface area contributed by atoms with Gasteiger partial charge in [-0.2, -0.15) is 0 Å². The lowest BCUT2D eigenvalue weighted by molar-refractivity contribution is -0.136. The number of likely N-dealkylation sites (tertiary alicyclic amines) is 1. The Hall–Kier alpha value is -2.61. The number of nitrogens with zero attached hydrogens (tertiary/aromatic N) is 1. The van der Waals surface area contributed by atoms with Gasteiger partial charge in [0.15, 0.2) is 0 Å². The Morgan fingerprint density at radius 3 is 2.28 bits per heavy atom. The van der Waals surface area contributed by atoms with E-state index in [9.17, 15) is 14.4 Å². The fourth-order valence-electron chi connectivity index (χ4n) is 3.58. The number of ether oxygens (including phenoxy) is 2.